The van der Waals surface area contributed by atoms with Gasteiger partial charge in [-0.05, 0) is 43.0 Å². The van der Waals surface area contributed by atoms with Gasteiger partial charge in [-0.2, -0.15) is 4.31 Å². The highest BCUT2D eigenvalue weighted by atomic mass is 32.2. The first kappa shape index (κ1) is 24.4. The van der Waals surface area contributed by atoms with Crippen molar-refractivity contribution in [2.24, 2.45) is 5.92 Å². The smallest absolute Gasteiger partial charge is 0.243 e. The lowest BCUT2D eigenvalue weighted by atomic mass is 10.0. The van der Waals surface area contributed by atoms with Gasteiger partial charge in [-0.1, -0.05) is 32.9 Å². The highest BCUT2D eigenvalue weighted by Crippen LogP contribution is 2.22. The molecule has 0 bridgehead atoms. The second-order valence-electron chi connectivity index (χ2n) is 8.44. The molecule has 1 atom stereocenters. The van der Waals surface area contributed by atoms with Gasteiger partial charge < -0.3 is 9.30 Å². The highest BCUT2D eigenvalue weighted by molar-refractivity contribution is 7.89. The Labute approximate surface area is 191 Å². The molecule has 2 aromatic heterocycles. The molecule has 174 valence electrons. The van der Waals surface area contributed by atoms with Crippen molar-refractivity contribution in [3.8, 4) is 0 Å². The number of fused-ring (bicyclic) bond motifs is 1. The lowest BCUT2D eigenvalue weighted by Crippen LogP contribution is -2.41. The summed E-state index contributed by atoms with van der Waals surface area (Å²) in [5.41, 5.74) is 2.92. The summed E-state index contributed by atoms with van der Waals surface area (Å²) in [5.74, 6) is 1.35. The van der Waals surface area contributed by atoms with E-state index in [0.717, 1.165) is 35.3 Å². The van der Waals surface area contributed by atoms with Crippen LogP contribution >= 0.6 is 0 Å². The third-order valence-electron chi connectivity index (χ3n) is 5.66. The van der Waals surface area contributed by atoms with Crippen molar-refractivity contribution in [1.29, 1.82) is 0 Å². The summed E-state index contributed by atoms with van der Waals surface area (Å²) in [4.78, 5) is 9.11. The first-order chi connectivity index (χ1) is 15.3. The highest BCUT2D eigenvalue weighted by Gasteiger charge is 2.28. The van der Waals surface area contributed by atoms with Crippen molar-refractivity contribution in [1.82, 2.24) is 18.8 Å². The SMILES string of the molecule is CCOC[C@H](CC(C)C)N(C)S(=O)(=O)c1ccc(Cn2c(CC)nc3cnccc32)cc1. The Morgan fingerprint density at radius 1 is 1.12 bits per heavy atom. The molecule has 0 aliphatic heterocycles. The molecule has 0 N–H and O–H groups in total. The van der Waals surface area contributed by atoms with Crippen molar-refractivity contribution in [2.75, 3.05) is 20.3 Å². The zero-order valence-corrected chi connectivity index (χ0v) is 20.5. The molecule has 3 rings (SSSR count). The van der Waals surface area contributed by atoms with Gasteiger partial charge >= 0.3 is 0 Å². The number of ether oxygens (including phenoxy) is 1. The van der Waals surface area contributed by atoms with E-state index in [2.05, 4.69) is 35.3 Å². The van der Waals surface area contributed by atoms with Crippen LogP contribution in [0.1, 0.15) is 45.5 Å². The van der Waals surface area contributed by atoms with E-state index >= 15 is 0 Å². The molecule has 0 saturated heterocycles. The largest absolute Gasteiger partial charge is 0.380 e. The fraction of sp³-hybridized carbons (Fsp3) is 0.500. The average Bonchev–Trinajstić information content (AvgIpc) is 3.13. The predicted molar refractivity (Wildman–Crippen MR) is 127 cm³/mol. The van der Waals surface area contributed by atoms with Crippen LogP contribution in [-0.2, 0) is 27.7 Å². The van der Waals surface area contributed by atoms with Crippen LogP contribution in [0.5, 0.6) is 0 Å². The Hall–Kier alpha value is -2.29. The zero-order chi connectivity index (χ0) is 23.3. The molecule has 7 nitrogen and oxygen atoms in total. The van der Waals surface area contributed by atoms with E-state index in [-0.39, 0.29) is 6.04 Å². The fourth-order valence-electron chi connectivity index (χ4n) is 3.91. The van der Waals surface area contributed by atoms with Crippen molar-refractivity contribution < 1.29 is 13.2 Å². The van der Waals surface area contributed by atoms with Crippen LogP contribution in [0, 0.1) is 5.92 Å². The molecule has 3 aromatic rings. The van der Waals surface area contributed by atoms with Crippen LogP contribution in [0.4, 0.5) is 0 Å². The number of aromatic nitrogens is 3. The van der Waals surface area contributed by atoms with Gasteiger partial charge in [0.2, 0.25) is 10.0 Å². The van der Waals surface area contributed by atoms with Gasteiger partial charge in [0.05, 0.1) is 23.2 Å². The number of pyridine rings is 1. The molecular formula is C24H34N4O3S. The molecule has 0 spiro atoms. The maximum absolute atomic E-state index is 13.3. The van der Waals surface area contributed by atoms with Crippen LogP contribution < -0.4 is 0 Å². The number of hydrogen-bond donors (Lipinski definition) is 0. The molecule has 0 amide bonds. The fourth-order valence-corrected chi connectivity index (χ4v) is 5.26. The minimum absolute atomic E-state index is 0.197. The third-order valence-corrected chi connectivity index (χ3v) is 7.58. The third kappa shape index (κ3) is 5.36. The number of likely N-dealkylation sites (N-methyl/N-ethyl adjacent to an activating group) is 1. The standard InChI is InChI=1S/C24H34N4O3S/c1-6-24-26-22-15-25-13-12-23(22)28(24)16-19-8-10-21(11-9-19)32(29,30)27(5)20(14-18(3)4)17-31-7-2/h8-13,15,18,20H,6-7,14,16-17H2,1-5H3/t20-/m0/s1. The summed E-state index contributed by atoms with van der Waals surface area (Å²) < 4.78 is 35.7. The van der Waals surface area contributed by atoms with Gasteiger partial charge in [0, 0.05) is 38.9 Å². The summed E-state index contributed by atoms with van der Waals surface area (Å²) in [7, 11) is -1.97. The van der Waals surface area contributed by atoms with E-state index in [1.54, 1.807) is 31.6 Å². The van der Waals surface area contributed by atoms with E-state index in [1.165, 1.54) is 4.31 Å². The lowest BCUT2D eigenvalue weighted by molar-refractivity contribution is 0.0954. The molecule has 0 radical (unpaired) electrons. The van der Waals surface area contributed by atoms with Crippen LogP contribution in [0.2, 0.25) is 0 Å². The minimum Gasteiger partial charge on any atom is -0.380 e. The second-order valence-corrected chi connectivity index (χ2v) is 10.4. The Morgan fingerprint density at radius 2 is 1.84 bits per heavy atom. The van der Waals surface area contributed by atoms with Crippen LogP contribution in [0.25, 0.3) is 11.0 Å². The van der Waals surface area contributed by atoms with Crippen LogP contribution in [0.3, 0.4) is 0 Å². The minimum atomic E-state index is -3.61. The number of benzene rings is 1. The molecule has 1 aromatic carbocycles. The Kier molecular flexibility index (Phi) is 8.03. The number of imidazole rings is 1. The van der Waals surface area contributed by atoms with Gasteiger partial charge in [0.15, 0.2) is 0 Å². The van der Waals surface area contributed by atoms with E-state index in [4.69, 9.17) is 4.74 Å². The van der Waals surface area contributed by atoms with Crippen LogP contribution in [-0.4, -0.2) is 53.6 Å². The van der Waals surface area contributed by atoms with Crippen molar-refractivity contribution in [3.63, 3.8) is 0 Å². The van der Waals surface area contributed by atoms with E-state index in [1.807, 2.05) is 25.1 Å². The lowest BCUT2D eigenvalue weighted by Gasteiger charge is -2.28. The van der Waals surface area contributed by atoms with Gasteiger partial charge in [-0.15, -0.1) is 0 Å². The monoisotopic (exact) mass is 458 g/mol. The molecule has 0 unspecified atom stereocenters. The van der Waals surface area contributed by atoms with Gasteiger partial charge in [-0.25, -0.2) is 13.4 Å². The number of sulfonamides is 1. The summed E-state index contributed by atoms with van der Waals surface area (Å²) in [6, 6.07) is 8.92. The second kappa shape index (κ2) is 10.6. The molecule has 0 aliphatic carbocycles. The van der Waals surface area contributed by atoms with Crippen LogP contribution in [0.15, 0.2) is 47.6 Å². The summed E-state index contributed by atoms with van der Waals surface area (Å²) >= 11 is 0. The zero-order valence-electron chi connectivity index (χ0n) is 19.7. The Bertz CT molecular complexity index is 1120. The molecule has 0 aliphatic rings. The average molecular weight is 459 g/mol. The molecule has 0 saturated carbocycles. The van der Waals surface area contributed by atoms with Gasteiger partial charge in [0.25, 0.3) is 0 Å². The van der Waals surface area contributed by atoms with E-state index < -0.39 is 10.0 Å². The first-order valence-electron chi connectivity index (χ1n) is 11.2. The van der Waals surface area contributed by atoms with E-state index in [0.29, 0.717) is 30.6 Å². The summed E-state index contributed by atoms with van der Waals surface area (Å²) in [5, 5.41) is 0. The van der Waals surface area contributed by atoms with Gasteiger partial charge in [0.1, 0.15) is 11.3 Å². The van der Waals surface area contributed by atoms with Crippen molar-refractivity contribution in [2.45, 2.75) is 58.0 Å². The van der Waals surface area contributed by atoms with Crippen molar-refractivity contribution in [3.05, 3.63) is 54.1 Å². The topological polar surface area (TPSA) is 77.3 Å². The Morgan fingerprint density at radius 3 is 2.47 bits per heavy atom. The molecule has 0 fully saturated rings. The quantitative estimate of drug-likeness (QED) is 0.432. The number of aryl methyl sites for hydroxylation is 1. The first-order valence-corrected chi connectivity index (χ1v) is 12.7. The summed E-state index contributed by atoms with van der Waals surface area (Å²) in [6.07, 6.45) is 5.09. The predicted octanol–water partition coefficient (Wildman–Crippen LogP) is 4.11. The maximum Gasteiger partial charge on any atom is 0.243 e. The molecule has 32 heavy (non-hydrogen) atoms. The summed E-state index contributed by atoms with van der Waals surface area (Å²) in [6.45, 7) is 9.76. The molecule has 8 heteroatoms. The number of nitrogens with zero attached hydrogens (tertiary/aromatic N) is 4. The normalized spacial score (nSPS) is 13.3. The van der Waals surface area contributed by atoms with Gasteiger partial charge in [-0.3, -0.25) is 4.98 Å². The number of rotatable bonds is 11. The van der Waals surface area contributed by atoms with E-state index in [9.17, 15) is 8.42 Å². The Balaban J connectivity index is 1.83. The molecular weight excluding hydrogens is 424 g/mol. The number of hydrogen-bond acceptors (Lipinski definition) is 5. The molecule has 2 heterocycles. The maximum atomic E-state index is 13.3. The van der Waals surface area contributed by atoms with Crippen molar-refractivity contribution >= 4 is 21.1 Å².